The second-order valence-corrected chi connectivity index (χ2v) is 8.92. The number of rotatable bonds is 7. The van der Waals surface area contributed by atoms with Gasteiger partial charge in [0.25, 0.3) is 0 Å². The zero-order chi connectivity index (χ0) is 18.4. The first kappa shape index (κ1) is 19.0. The van der Waals surface area contributed by atoms with Crippen LogP contribution in [-0.4, -0.2) is 37.9 Å². The van der Waals surface area contributed by atoms with E-state index in [2.05, 4.69) is 20.7 Å². The summed E-state index contributed by atoms with van der Waals surface area (Å²) in [5, 5.41) is 0. The van der Waals surface area contributed by atoms with Gasteiger partial charge < -0.3 is 0 Å². The SMILES string of the molecule is Cc1ccccc1CS(=O)(=O)NCC1CCN(Cc2cccnc2)CC1. The molecule has 2 aromatic rings. The molecule has 0 atom stereocenters. The Morgan fingerprint density at radius 2 is 1.92 bits per heavy atom. The van der Waals surface area contributed by atoms with Crippen LogP contribution in [0.3, 0.4) is 0 Å². The van der Waals surface area contributed by atoms with Gasteiger partial charge in [-0.1, -0.05) is 30.3 Å². The summed E-state index contributed by atoms with van der Waals surface area (Å²) >= 11 is 0. The van der Waals surface area contributed by atoms with Gasteiger partial charge in [0.1, 0.15) is 0 Å². The Morgan fingerprint density at radius 1 is 1.15 bits per heavy atom. The zero-order valence-corrected chi connectivity index (χ0v) is 16.1. The predicted molar refractivity (Wildman–Crippen MR) is 104 cm³/mol. The lowest BCUT2D eigenvalue weighted by molar-refractivity contribution is 0.178. The van der Waals surface area contributed by atoms with Crippen molar-refractivity contribution in [3.63, 3.8) is 0 Å². The first-order chi connectivity index (χ1) is 12.5. The molecule has 1 saturated heterocycles. The van der Waals surface area contributed by atoms with Crippen molar-refractivity contribution in [2.45, 2.75) is 32.1 Å². The summed E-state index contributed by atoms with van der Waals surface area (Å²) in [6.45, 7) is 5.40. The van der Waals surface area contributed by atoms with E-state index in [-0.39, 0.29) is 5.75 Å². The molecule has 1 aromatic carbocycles. The summed E-state index contributed by atoms with van der Waals surface area (Å²) in [6, 6.07) is 11.7. The number of aryl methyl sites for hydroxylation is 1. The van der Waals surface area contributed by atoms with Crippen molar-refractivity contribution in [1.29, 1.82) is 0 Å². The van der Waals surface area contributed by atoms with E-state index in [0.29, 0.717) is 12.5 Å². The second-order valence-electron chi connectivity index (χ2n) is 7.11. The van der Waals surface area contributed by atoms with Gasteiger partial charge in [0.05, 0.1) is 5.75 Å². The van der Waals surface area contributed by atoms with E-state index >= 15 is 0 Å². The van der Waals surface area contributed by atoms with E-state index in [9.17, 15) is 8.42 Å². The molecular weight excluding hydrogens is 346 g/mol. The van der Waals surface area contributed by atoms with Gasteiger partial charge in [-0.15, -0.1) is 0 Å². The minimum absolute atomic E-state index is 0.0551. The van der Waals surface area contributed by atoms with E-state index < -0.39 is 10.0 Å². The monoisotopic (exact) mass is 373 g/mol. The number of aromatic nitrogens is 1. The lowest BCUT2D eigenvalue weighted by Crippen LogP contribution is -2.38. The maximum atomic E-state index is 12.4. The summed E-state index contributed by atoms with van der Waals surface area (Å²) in [6.07, 6.45) is 5.74. The average molecular weight is 374 g/mol. The number of hydrogen-bond acceptors (Lipinski definition) is 4. The third-order valence-electron chi connectivity index (χ3n) is 5.03. The molecule has 0 amide bonds. The average Bonchev–Trinajstić information content (AvgIpc) is 2.64. The number of nitrogens with zero attached hydrogens (tertiary/aromatic N) is 2. The molecule has 0 saturated carbocycles. The number of sulfonamides is 1. The highest BCUT2D eigenvalue weighted by Crippen LogP contribution is 2.19. The highest BCUT2D eigenvalue weighted by atomic mass is 32.2. The highest BCUT2D eigenvalue weighted by Gasteiger charge is 2.21. The summed E-state index contributed by atoms with van der Waals surface area (Å²) in [4.78, 5) is 6.57. The maximum absolute atomic E-state index is 12.4. The van der Waals surface area contributed by atoms with Gasteiger partial charge in [-0.2, -0.15) is 0 Å². The van der Waals surface area contributed by atoms with Crippen LogP contribution in [0.15, 0.2) is 48.8 Å². The van der Waals surface area contributed by atoms with Gasteiger partial charge in [-0.25, -0.2) is 13.1 Å². The van der Waals surface area contributed by atoms with Crippen LogP contribution in [0, 0.1) is 12.8 Å². The van der Waals surface area contributed by atoms with Crippen LogP contribution in [0.2, 0.25) is 0 Å². The van der Waals surface area contributed by atoms with Crippen LogP contribution in [-0.2, 0) is 22.3 Å². The summed E-state index contributed by atoms with van der Waals surface area (Å²) < 4.78 is 27.6. The van der Waals surface area contributed by atoms with Crippen molar-refractivity contribution in [3.8, 4) is 0 Å². The van der Waals surface area contributed by atoms with E-state index in [0.717, 1.165) is 43.6 Å². The zero-order valence-electron chi connectivity index (χ0n) is 15.3. The Hall–Kier alpha value is -1.76. The molecule has 1 aromatic heterocycles. The summed E-state index contributed by atoms with van der Waals surface area (Å²) in [5.41, 5.74) is 3.11. The van der Waals surface area contributed by atoms with Gasteiger partial charge in [-0.05, 0) is 61.5 Å². The highest BCUT2D eigenvalue weighted by molar-refractivity contribution is 7.88. The quantitative estimate of drug-likeness (QED) is 0.811. The van der Waals surface area contributed by atoms with Gasteiger partial charge in [0, 0.05) is 25.5 Å². The Kier molecular flexibility index (Phi) is 6.40. The van der Waals surface area contributed by atoms with E-state index in [4.69, 9.17) is 0 Å². The Morgan fingerprint density at radius 3 is 2.62 bits per heavy atom. The molecular formula is C20H27N3O2S. The molecule has 2 heterocycles. The van der Waals surface area contributed by atoms with Crippen molar-refractivity contribution in [1.82, 2.24) is 14.6 Å². The molecule has 6 heteroatoms. The van der Waals surface area contributed by atoms with Gasteiger partial charge in [0.2, 0.25) is 10.0 Å². The molecule has 0 aliphatic carbocycles. The molecule has 26 heavy (non-hydrogen) atoms. The fraction of sp³-hybridized carbons (Fsp3) is 0.450. The van der Waals surface area contributed by atoms with E-state index in [1.807, 2.05) is 43.5 Å². The van der Waals surface area contributed by atoms with Crippen LogP contribution >= 0.6 is 0 Å². The number of benzene rings is 1. The first-order valence-corrected chi connectivity index (χ1v) is 10.8. The predicted octanol–water partition coefficient (Wildman–Crippen LogP) is 2.72. The number of likely N-dealkylation sites (tertiary alicyclic amines) is 1. The van der Waals surface area contributed by atoms with Crippen LogP contribution in [0.5, 0.6) is 0 Å². The Bertz CT molecular complexity index is 801. The molecule has 1 fully saturated rings. The summed E-state index contributed by atoms with van der Waals surface area (Å²) in [7, 11) is -3.29. The minimum Gasteiger partial charge on any atom is -0.299 e. The van der Waals surface area contributed by atoms with Crippen molar-refractivity contribution in [2.75, 3.05) is 19.6 Å². The van der Waals surface area contributed by atoms with Crippen LogP contribution in [0.25, 0.3) is 0 Å². The number of hydrogen-bond donors (Lipinski definition) is 1. The largest absolute Gasteiger partial charge is 0.299 e. The molecule has 0 unspecified atom stereocenters. The van der Waals surface area contributed by atoms with Crippen molar-refractivity contribution < 1.29 is 8.42 Å². The van der Waals surface area contributed by atoms with Gasteiger partial charge in [-0.3, -0.25) is 9.88 Å². The molecule has 0 spiro atoms. The molecule has 1 aliphatic rings. The maximum Gasteiger partial charge on any atom is 0.215 e. The van der Waals surface area contributed by atoms with Crippen LogP contribution < -0.4 is 4.72 Å². The van der Waals surface area contributed by atoms with Crippen LogP contribution in [0.1, 0.15) is 29.5 Å². The fourth-order valence-electron chi connectivity index (χ4n) is 3.37. The number of nitrogens with one attached hydrogen (secondary N) is 1. The van der Waals surface area contributed by atoms with Gasteiger partial charge in [0.15, 0.2) is 0 Å². The third-order valence-corrected chi connectivity index (χ3v) is 6.33. The molecule has 5 nitrogen and oxygen atoms in total. The number of pyridine rings is 1. The standard InChI is InChI=1S/C20H27N3O2S/c1-17-5-2-3-7-20(17)16-26(24,25)22-14-18-8-11-23(12-9-18)15-19-6-4-10-21-13-19/h2-7,10,13,18,22H,8-9,11-12,14-16H2,1H3. The topological polar surface area (TPSA) is 62.3 Å². The van der Waals surface area contributed by atoms with E-state index in [1.165, 1.54) is 5.56 Å². The molecule has 140 valence electrons. The molecule has 0 radical (unpaired) electrons. The van der Waals surface area contributed by atoms with Crippen molar-refractivity contribution in [2.24, 2.45) is 5.92 Å². The van der Waals surface area contributed by atoms with Gasteiger partial charge >= 0.3 is 0 Å². The lowest BCUT2D eigenvalue weighted by Gasteiger charge is -2.31. The summed E-state index contributed by atoms with van der Waals surface area (Å²) in [5.74, 6) is 0.464. The fourth-order valence-corrected chi connectivity index (χ4v) is 4.70. The lowest BCUT2D eigenvalue weighted by atomic mass is 9.97. The third kappa shape index (κ3) is 5.62. The van der Waals surface area contributed by atoms with E-state index in [1.54, 1.807) is 6.20 Å². The second kappa shape index (κ2) is 8.75. The minimum atomic E-state index is -3.29. The molecule has 1 aliphatic heterocycles. The Labute approximate surface area is 156 Å². The molecule has 3 rings (SSSR count). The van der Waals surface area contributed by atoms with Crippen molar-refractivity contribution in [3.05, 3.63) is 65.5 Å². The van der Waals surface area contributed by atoms with Crippen molar-refractivity contribution >= 4 is 10.0 Å². The normalized spacial score (nSPS) is 16.7. The molecule has 1 N–H and O–H groups in total. The van der Waals surface area contributed by atoms with Crippen LogP contribution in [0.4, 0.5) is 0 Å². The first-order valence-electron chi connectivity index (χ1n) is 9.15. The number of piperidine rings is 1. The Balaban J connectivity index is 1.44. The smallest absolute Gasteiger partial charge is 0.215 e. The molecule has 0 bridgehead atoms.